The number of amides is 1. The molecule has 152 valence electrons. The van der Waals surface area contributed by atoms with Crippen LogP contribution in [0.4, 0.5) is 0 Å². The second-order valence-corrected chi connectivity index (χ2v) is 7.83. The number of nitrogens with zero attached hydrogens (tertiary/aromatic N) is 2. The van der Waals surface area contributed by atoms with Gasteiger partial charge in [0, 0.05) is 28.7 Å². The van der Waals surface area contributed by atoms with Crippen molar-refractivity contribution in [2.75, 3.05) is 6.61 Å². The molecule has 5 heteroatoms. The van der Waals surface area contributed by atoms with Gasteiger partial charge < -0.3 is 14.6 Å². The van der Waals surface area contributed by atoms with Crippen LogP contribution in [0.3, 0.4) is 0 Å². The van der Waals surface area contributed by atoms with E-state index in [1.54, 1.807) is 6.08 Å². The SMILES string of the molecule is Cc1ccc(C)c(OCCn2cc(/C=C(\C#N)C(=O)NC3CC3)c3ccccc32)c1. The second-order valence-electron chi connectivity index (χ2n) is 7.83. The average Bonchev–Trinajstić information content (AvgIpc) is 3.49. The predicted molar refractivity (Wildman–Crippen MR) is 118 cm³/mol. The van der Waals surface area contributed by atoms with Crippen LogP contribution in [0.2, 0.25) is 0 Å². The number of hydrogen-bond donors (Lipinski definition) is 1. The number of aromatic nitrogens is 1. The molecule has 1 aromatic heterocycles. The molecule has 0 atom stereocenters. The Morgan fingerprint density at radius 3 is 2.83 bits per heavy atom. The smallest absolute Gasteiger partial charge is 0.262 e. The maximum Gasteiger partial charge on any atom is 0.262 e. The summed E-state index contributed by atoms with van der Waals surface area (Å²) in [5, 5.41) is 13.4. The van der Waals surface area contributed by atoms with Crippen molar-refractivity contribution >= 4 is 22.9 Å². The highest BCUT2D eigenvalue weighted by molar-refractivity contribution is 6.04. The average molecular weight is 399 g/mol. The van der Waals surface area contributed by atoms with Crippen molar-refractivity contribution in [3.05, 3.63) is 70.9 Å². The Hall–Kier alpha value is -3.52. The van der Waals surface area contributed by atoms with Crippen molar-refractivity contribution in [2.45, 2.75) is 39.3 Å². The zero-order valence-electron chi connectivity index (χ0n) is 17.3. The minimum atomic E-state index is -0.296. The van der Waals surface area contributed by atoms with Crippen LogP contribution in [0.15, 0.2) is 54.2 Å². The Morgan fingerprint density at radius 1 is 1.27 bits per heavy atom. The number of hydrogen-bond acceptors (Lipinski definition) is 3. The number of benzene rings is 2. The third kappa shape index (κ3) is 4.38. The van der Waals surface area contributed by atoms with Gasteiger partial charge in [-0.1, -0.05) is 30.3 Å². The fraction of sp³-hybridized carbons (Fsp3) is 0.280. The molecule has 30 heavy (non-hydrogen) atoms. The molecule has 0 radical (unpaired) electrons. The summed E-state index contributed by atoms with van der Waals surface area (Å²) in [6, 6.07) is 16.5. The van der Waals surface area contributed by atoms with E-state index < -0.39 is 0 Å². The van der Waals surface area contributed by atoms with Gasteiger partial charge in [0.25, 0.3) is 5.91 Å². The molecular weight excluding hydrogens is 374 g/mol. The van der Waals surface area contributed by atoms with Crippen molar-refractivity contribution in [2.24, 2.45) is 0 Å². The summed E-state index contributed by atoms with van der Waals surface area (Å²) in [6.45, 7) is 5.28. The third-order valence-corrected chi connectivity index (χ3v) is 5.33. The van der Waals surface area contributed by atoms with E-state index in [9.17, 15) is 10.1 Å². The van der Waals surface area contributed by atoms with E-state index >= 15 is 0 Å². The van der Waals surface area contributed by atoms with Crippen molar-refractivity contribution in [1.82, 2.24) is 9.88 Å². The molecule has 0 saturated heterocycles. The van der Waals surface area contributed by atoms with Gasteiger partial charge in [-0.2, -0.15) is 5.26 Å². The first kappa shape index (κ1) is 19.8. The van der Waals surface area contributed by atoms with E-state index in [-0.39, 0.29) is 17.5 Å². The van der Waals surface area contributed by atoms with Gasteiger partial charge in [-0.3, -0.25) is 4.79 Å². The van der Waals surface area contributed by atoms with Gasteiger partial charge in [-0.25, -0.2) is 0 Å². The van der Waals surface area contributed by atoms with E-state index in [4.69, 9.17) is 4.74 Å². The summed E-state index contributed by atoms with van der Waals surface area (Å²) in [4.78, 5) is 12.3. The number of carbonyl (C=O) groups excluding carboxylic acids is 1. The predicted octanol–water partition coefficient (Wildman–Crippen LogP) is 4.52. The molecule has 1 N–H and O–H groups in total. The second kappa shape index (κ2) is 8.46. The highest BCUT2D eigenvalue weighted by Gasteiger charge is 2.25. The Labute approximate surface area is 176 Å². The molecule has 1 fully saturated rings. The lowest BCUT2D eigenvalue weighted by Crippen LogP contribution is -2.26. The van der Waals surface area contributed by atoms with Gasteiger partial charge in [0.2, 0.25) is 0 Å². The van der Waals surface area contributed by atoms with Crippen molar-refractivity contribution in [3.63, 3.8) is 0 Å². The van der Waals surface area contributed by atoms with Crippen LogP contribution in [0.1, 0.15) is 29.5 Å². The molecule has 1 aliphatic rings. The number of nitrogens with one attached hydrogen (secondary N) is 1. The van der Waals surface area contributed by atoms with Gasteiger partial charge in [0.1, 0.15) is 24.0 Å². The van der Waals surface area contributed by atoms with E-state index in [0.29, 0.717) is 13.2 Å². The number of ether oxygens (including phenoxy) is 1. The molecule has 2 aromatic carbocycles. The molecule has 0 unspecified atom stereocenters. The number of rotatable bonds is 7. The van der Waals surface area contributed by atoms with Crippen molar-refractivity contribution < 1.29 is 9.53 Å². The molecule has 4 rings (SSSR count). The van der Waals surface area contributed by atoms with E-state index in [1.807, 2.05) is 43.5 Å². The molecule has 0 bridgehead atoms. The summed E-state index contributed by atoms with van der Waals surface area (Å²) in [7, 11) is 0. The Balaban J connectivity index is 1.56. The van der Waals surface area contributed by atoms with Crippen molar-refractivity contribution in [3.8, 4) is 11.8 Å². The lowest BCUT2D eigenvalue weighted by molar-refractivity contribution is -0.117. The van der Waals surface area contributed by atoms with E-state index in [2.05, 4.69) is 35.0 Å². The van der Waals surface area contributed by atoms with Gasteiger partial charge in [0.05, 0.1) is 6.54 Å². The van der Waals surface area contributed by atoms with Crippen LogP contribution in [0.5, 0.6) is 5.75 Å². The lowest BCUT2D eigenvalue weighted by Gasteiger charge is -2.11. The fourth-order valence-electron chi connectivity index (χ4n) is 3.49. The molecule has 5 nitrogen and oxygen atoms in total. The Bertz CT molecular complexity index is 1160. The van der Waals surface area contributed by atoms with E-state index in [0.717, 1.165) is 40.6 Å². The molecule has 1 heterocycles. The van der Waals surface area contributed by atoms with Crippen LogP contribution in [0, 0.1) is 25.2 Å². The highest BCUT2D eigenvalue weighted by Crippen LogP contribution is 2.25. The van der Waals surface area contributed by atoms with Gasteiger partial charge in [0.15, 0.2) is 0 Å². The first-order valence-electron chi connectivity index (χ1n) is 10.3. The molecule has 1 amide bonds. The van der Waals surface area contributed by atoms with Crippen molar-refractivity contribution in [1.29, 1.82) is 5.26 Å². The topological polar surface area (TPSA) is 67.0 Å². The van der Waals surface area contributed by atoms with Crippen LogP contribution < -0.4 is 10.1 Å². The maximum atomic E-state index is 12.3. The zero-order valence-corrected chi connectivity index (χ0v) is 17.3. The van der Waals surface area contributed by atoms with Gasteiger partial charge >= 0.3 is 0 Å². The summed E-state index contributed by atoms with van der Waals surface area (Å²) in [5.41, 5.74) is 4.33. The lowest BCUT2D eigenvalue weighted by atomic mass is 10.1. The number of aryl methyl sites for hydroxylation is 2. The van der Waals surface area contributed by atoms with Crippen LogP contribution in [0.25, 0.3) is 17.0 Å². The fourth-order valence-corrected chi connectivity index (χ4v) is 3.49. The Kier molecular flexibility index (Phi) is 5.58. The summed E-state index contributed by atoms with van der Waals surface area (Å²) >= 11 is 0. The molecule has 1 saturated carbocycles. The number of fused-ring (bicyclic) bond motifs is 1. The first-order chi connectivity index (χ1) is 14.5. The Morgan fingerprint density at radius 2 is 2.07 bits per heavy atom. The minimum Gasteiger partial charge on any atom is -0.491 e. The monoisotopic (exact) mass is 399 g/mol. The molecule has 3 aromatic rings. The normalized spacial score (nSPS) is 13.8. The van der Waals surface area contributed by atoms with Crippen LogP contribution in [-0.2, 0) is 11.3 Å². The van der Waals surface area contributed by atoms with Crippen LogP contribution >= 0.6 is 0 Å². The summed E-state index contributed by atoms with van der Waals surface area (Å²) in [6.07, 6.45) is 5.65. The molecule has 1 aliphatic carbocycles. The van der Waals surface area contributed by atoms with E-state index in [1.165, 1.54) is 5.56 Å². The molecule has 0 spiro atoms. The summed E-state index contributed by atoms with van der Waals surface area (Å²) < 4.78 is 8.13. The quantitative estimate of drug-likeness (QED) is 0.469. The van der Waals surface area contributed by atoms with Gasteiger partial charge in [-0.15, -0.1) is 0 Å². The summed E-state index contributed by atoms with van der Waals surface area (Å²) in [5.74, 6) is 0.602. The molecule has 0 aliphatic heterocycles. The highest BCUT2D eigenvalue weighted by atomic mass is 16.5. The first-order valence-corrected chi connectivity index (χ1v) is 10.3. The molecular formula is C25H25N3O2. The third-order valence-electron chi connectivity index (χ3n) is 5.33. The number of nitriles is 1. The number of para-hydroxylation sites is 1. The number of carbonyl (C=O) groups is 1. The van der Waals surface area contributed by atoms with Crippen LogP contribution in [-0.4, -0.2) is 23.1 Å². The zero-order chi connectivity index (χ0) is 21.1. The van der Waals surface area contributed by atoms with Gasteiger partial charge in [-0.05, 0) is 56.0 Å². The standard InChI is InChI=1S/C25H25N3O2/c1-17-7-8-18(2)24(13-17)30-12-11-28-16-20(22-5-3-4-6-23(22)28)14-19(15-26)25(29)27-21-9-10-21/h3-8,13-14,16,21H,9-12H2,1-2H3,(H,27,29)/b19-14+. The largest absolute Gasteiger partial charge is 0.491 e. The minimum absolute atomic E-state index is 0.136. The maximum absolute atomic E-state index is 12.3.